The molecule has 5 nitrogen and oxygen atoms in total. The maximum Gasteiger partial charge on any atom is 0.243 e. The molecule has 0 bridgehead atoms. The molecule has 1 atom stereocenters. The molecule has 0 spiro atoms. The number of halogens is 2. The van der Waals surface area contributed by atoms with E-state index in [0.717, 1.165) is 44.1 Å². The summed E-state index contributed by atoms with van der Waals surface area (Å²) in [5, 5.41) is 3.32. The third kappa shape index (κ3) is 4.26. The highest BCUT2D eigenvalue weighted by molar-refractivity contribution is 7.89. The van der Waals surface area contributed by atoms with Gasteiger partial charge in [-0.3, -0.25) is 0 Å². The fourth-order valence-electron chi connectivity index (χ4n) is 5.54. The minimum atomic E-state index is -3.74. The minimum Gasteiger partial charge on any atom is -0.350 e. The largest absolute Gasteiger partial charge is 0.350 e. The van der Waals surface area contributed by atoms with Crippen molar-refractivity contribution in [1.29, 1.82) is 0 Å². The summed E-state index contributed by atoms with van der Waals surface area (Å²) in [5.74, 6) is -0.171. The molecule has 8 heteroatoms. The van der Waals surface area contributed by atoms with Gasteiger partial charge in [0.2, 0.25) is 10.0 Å². The number of hydrogen-bond acceptors (Lipinski definition) is 2. The van der Waals surface area contributed by atoms with E-state index in [0.29, 0.717) is 21.5 Å². The molecule has 194 valence electrons. The molecular weight excluding hydrogens is 537 g/mol. The molecule has 6 rings (SSSR count). The maximum absolute atomic E-state index is 13.9. The molecule has 3 aromatic carbocycles. The highest BCUT2D eigenvalue weighted by Crippen LogP contribution is 2.39. The molecule has 0 N–H and O–H groups in total. The van der Waals surface area contributed by atoms with Crippen molar-refractivity contribution in [2.24, 2.45) is 14.1 Å². The molecule has 5 aromatic rings. The van der Waals surface area contributed by atoms with E-state index in [1.807, 2.05) is 69.6 Å². The van der Waals surface area contributed by atoms with Gasteiger partial charge in [-0.15, -0.1) is 0 Å². The third-order valence-electron chi connectivity index (χ3n) is 7.49. The zero-order chi connectivity index (χ0) is 26.8. The summed E-state index contributed by atoms with van der Waals surface area (Å²) in [6, 6.07) is 18.7. The Hall–Kier alpha value is -3.03. The monoisotopic (exact) mass is 563 g/mol. The summed E-state index contributed by atoms with van der Waals surface area (Å²) in [5.41, 5.74) is 6.08. The Morgan fingerprint density at radius 1 is 0.816 bits per heavy atom. The van der Waals surface area contributed by atoms with Crippen LogP contribution in [0.3, 0.4) is 0 Å². The van der Waals surface area contributed by atoms with Gasteiger partial charge in [0.05, 0.1) is 4.90 Å². The average Bonchev–Trinajstić information content (AvgIpc) is 3.39. The molecular formula is C30H27Cl2N3O2S. The number of aryl methyl sites for hydroxylation is 3. The first-order chi connectivity index (χ1) is 18.1. The van der Waals surface area contributed by atoms with Gasteiger partial charge in [-0.1, -0.05) is 47.0 Å². The van der Waals surface area contributed by atoms with Crippen LogP contribution < -0.4 is 0 Å². The van der Waals surface area contributed by atoms with Crippen molar-refractivity contribution in [1.82, 2.24) is 13.4 Å². The summed E-state index contributed by atoms with van der Waals surface area (Å²) in [7, 11) is 0.252. The summed E-state index contributed by atoms with van der Waals surface area (Å²) in [6.07, 6.45) is 6.36. The van der Waals surface area contributed by atoms with Crippen LogP contribution in [0.25, 0.3) is 27.4 Å². The van der Waals surface area contributed by atoms with Gasteiger partial charge in [-0.05, 0) is 66.6 Å². The van der Waals surface area contributed by atoms with E-state index in [1.165, 1.54) is 0 Å². The summed E-state index contributed by atoms with van der Waals surface area (Å²) in [6.45, 7) is 2.55. The van der Waals surface area contributed by atoms with Crippen molar-refractivity contribution in [3.63, 3.8) is 0 Å². The smallest absolute Gasteiger partial charge is 0.243 e. The molecule has 0 fully saturated rings. The van der Waals surface area contributed by atoms with Crippen molar-refractivity contribution < 1.29 is 8.42 Å². The lowest BCUT2D eigenvalue weighted by molar-refractivity contribution is 0.424. The van der Waals surface area contributed by atoms with Crippen molar-refractivity contribution in [2.45, 2.75) is 17.7 Å². The summed E-state index contributed by atoms with van der Waals surface area (Å²) >= 11 is 12.8. The summed E-state index contributed by atoms with van der Waals surface area (Å²) in [4.78, 5) is 0.296. The zero-order valence-electron chi connectivity index (χ0n) is 21.3. The van der Waals surface area contributed by atoms with Crippen LogP contribution in [0, 0.1) is 6.92 Å². The van der Waals surface area contributed by atoms with Crippen molar-refractivity contribution in [2.75, 3.05) is 13.1 Å². The molecule has 1 aliphatic rings. The molecule has 0 saturated heterocycles. The van der Waals surface area contributed by atoms with Crippen LogP contribution in [0.1, 0.15) is 22.6 Å². The Morgan fingerprint density at radius 3 is 2.11 bits per heavy atom. The number of nitrogens with zero attached hydrogens (tertiary/aromatic N) is 3. The zero-order valence-corrected chi connectivity index (χ0v) is 23.6. The Bertz CT molecular complexity index is 1850. The number of fused-ring (bicyclic) bond motifs is 2. The SMILES string of the molecule is Cc1ccc(S(=O)(=O)N2CC(c3cn(C)c4ccc(Cl)cc34)=CC(c3cn(C)c4ccc(Cl)cc34)C2)cc1. The minimum absolute atomic E-state index is 0.171. The maximum atomic E-state index is 13.9. The fourth-order valence-corrected chi connectivity index (χ4v) is 7.33. The number of rotatable bonds is 4. The number of hydrogen-bond donors (Lipinski definition) is 0. The van der Waals surface area contributed by atoms with Crippen molar-refractivity contribution in [3.05, 3.63) is 106 Å². The predicted octanol–water partition coefficient (Wildman–Crippen LogP) is 7.16. The van der Waals surface area contributed by atoms with Gasteiger partial charge in [0, 0.05) is 82.9 Å². The molecule has 38 heavy (non-hydrogen) atoms. The first-order valence-corrected chi connectivity index (χ1v) is 14.6. The quantitative estimate of drug-likeness (QED) is 0.233. The lowest BCUT2D eigenvalue weighted by Crippen LogP contribution is -2.38. The lowest BCUT2D eigenvalue weighted by atomic mass is 9.90. The summed E-state index contributed by atoms with van der Waals surface area (Å²) < 4.78 is 33.6. The van der Waals surface area contributed by atoms with E-state index in [4.69, 9.17) is 23.2 Å². The van der Waals surface area contributed by atoms with Gasteiger partial charge in [0.1, 0.15) is 0 Å². The number of aromatic nitrogens is 2. The molecule has 1 unspecified atom stereocenters. The van der Waals surface area contributed by atoms with Gasteiger partial charge in [-0.2, -0.15) is 4.31 Å². The van der Waals surface area contributed by atoms with Crippen molar-refractivity contribution in [3.8, 4) is 0 Å². The molecule has 1 aliphatic heterocycles. The van der Waals surface area contributed by atoms with Crippen LogP contribution in [0.2, 0.25) is 10.0 Å². The first-order valence-electron chi connectivity index (χ1n) is 12.4. The van der Waals surface area contributed by atoms with Crippen molar-refractivity contribution >= 4 is 60.6 Å². The van der Waals surface area contributed by atoms with E-state index in [1.54, 1.807) is 16.4 Å². The number of benzene rings is 3. The Kier molecular flexibility index (Phi) is 6.19. The van der Waals surface area contributed by atoms with E-state index in [2.05, 4.69) is 27.6 Å². The Labute approximate surface area is 232 Å². The first kappa shape index (κ1) is 25.3. The number of sulfonamides is 1. The molecule has 3 heterocycles. The fraction of sp³-hybridized carbons (Fsp3) is 0.200. The average molecular weight is 565 g/mol. The standard InChI is InChI=1S/C30H27Cl2N3O2S/c1-19-4-8-24(9-5-19)38(36,37)35-15-20(27-17-33(2)29-10-6-22(31)13-25(27)29)12-21(16-35)28-18-34(3)30-11-7-23(32)14-26(28)30/h4-14,17-18,20H,15-16H2,1-3H3. The van der Waals surface area contributed by atoms with Gasteiger partial charge in [0.15, 0.2) is 0 Å². The Balaban J connectivity index is 1.54. The second-order valence-electron chi connectivity index (χ2n) is 10.1. The molecule has 0 amide bonds. The molecule has 0 saturated carbocycles. The second-order valence-corrected chi connectivity index (χ2v) is 12.9. The van der Waals surface area contributed by atoms with Gasteiger partial charge >= 0.3 is 0 Å². The lowest BCUT2D eigenvalue weighted by Gasteiger charge is -2.32. The van der Waals surface area contributed by atoms with E-state index >= 15 is 0 Å². The van der Waals surface area contributed by atoms with E-state index in [9.17, 15) is 8.42 Å². The van der Waals surface area contributed by atoms with Crippen LogP contribution in [0.4, 0.5) is 0 Å². The normalized spacial score (nSPS) is 16.9. The van der Waals surface area contributed by atoms with E-state index in [-0.39, 0.29) is 12.5 Å². The predicted molar refractivity (Wildman–Crippen MR) is 157 cm³/mol. The van der Waals surface area contributed by atoms with Gasteiger partial charge in [-0.25, -0.2) is 8.42 Å². The van der Waals surface area contributed by atoms with Crippen LogP contribution in [-0.4, -0.2) is 34.9 Å². The van der Waals surface area contributed by atoms with E-state index < -0.39 is 10.0 Å². The topological polar surface area (TPSA) is 47.2 Å². The van der Waals surface area contributed by atoms with Gasteiger partial charge in [0.25, 0.3) is 0 Å². The molecule has 2 aromatic heterocycles. The van der Waals surface area contributed by atoms with Crippen LogP contribution in [0.15, 0.2) is 84.0 Å². The third-order valence-corrected chi connectivity index (χ3v) is 9.78. The van der Waals surface area contributed by atoms with Crippen LogP contribution in [0.5, 0.6) is 0 Å². The van der Waals surface area contributed by atoms with Gasteiger partial charge < -0.3 is 9.13 Å². The highest BCUT2D eigenvalue weighted by atomic mass is 35.5. The molecule has 0 radical (unpaired) electrons. The Morgan fingerprint density at radius 2 is 1.42 bits per heavy atom. The van der Waals surface area contributed by atoms with Crippen LogP contribution >= 0.6 is 23.2 Å². The highest BCUT2D eigenvalue weighted by Gasteiger charge is 2.33. The van der Waals surface area contributed by atoms with Crippen LogP contribution in [-0.2, 0) is 24.1 Å². The molecule has 0 aliphatic carbocycles. The second kappa shape index (κ2) is 9.31.